The Bertz CT molecular complexity index is 803. The normalized spacial score (nSPS) is 15.0. The zero-order chi connectivity index (χ0) is 18.7. The summed E-state index contributed by atoms with van der Waals surface area (Å²) >= 11 is 0. The van der Waals surface area contributed by atoms with Crippen LogP contribution in [-0.2, 0) is 10.9 Å². The standard InChI is InChI=1S/C18H18F3N3O2/c1-12-3-2-4-14(22-12)17(25)23-15-11-13(18(19,20)21)5-6-16(15)24-7-9-26-10-8-24/h2-6,11H,7-10H2,1H3,(H,23,25). The maximum atomic E-state index is 13.1. The number of nitrogens with one attached hydrogen (secondary N) is 1. The highest BCUT2D eigenvalue weighted by Gasteiger charge is 2.32. The molecule has 0 aliphatic carbocycles. The van der Waals surface area contributed by atoms with Crippen LogP contribution >= 0.6 is 0 Å². The molecule has 1 aromatic heterocycles. The number of anilines is 2. The van der Waals surface area contributed by atoms with Crippen LogP contribution in [-0.4, -0.2) is 37.2 Å². The van der Waals surface area contributed by atoms with Gasteiger partial charge in [-0.1, -0.05) is 6.07 Å². The quantitative estimate of drug-likeness (QED) is 0.905. The number of aromatic nitrogens is 1. The summed E-state index contributed by atoms with van der Waals surface area (Å²) in [6, 6.07) is 8.29. The van der Waals surface area contributed by atoms with Gasteiger partial charge in [0.2, 0.25) is 0 Å². The monoisotopic (exact) mass is 365 g/mol. The zero-order valence-corrected chi connectivity index (χ0v) is 14.1. The molecule has 0 unspecified atom stereocenters. The van der Waals surface area contributed by atoms with Crippen LogP contribution in [0.1, 0.15) is 21.7 Å². The Hall–Kier alpha value is -2.61. The minimum atomic E-state index is -4.50. The summed E-state index contributed by atoms with van der Waals surface area (Å²) < 4.78 is 44.6. The molecule has 1 aliphatic heterocycles. The lowest BCUT2D eigenvalue weighted by atomic mass is 10.1. The highest BCUT2D eigenvalue weighted by molar-refractivity contribution is 6.04. The van der Waals surface area contributed by atoms with Gasteiger partial charge in [-0.05, 0) is 37.3 Å². The molecule has 2 heterocycles. The van der Waals surface area contributed by atoms with E-state index in [2.05, 4.69) is 10.3 Å². The summed E-state index contributed by atoms with van der Waals surface area (Å²) in [7, 11) is 0. The van der Waals surface area contributed by atoms with Crippen molar-refractivity contribution in [3.8, 4) is 0 Å². The van der Waals surface area contributed by atoms with E-state index in [1.165, 1.54) is 12.1 Å². The van der Waals surface area contributed by atoms with Gasteiger partial charge in [0, 0.05) is 18.8 Å². The maximum absolute atomic E-state index is 13.1. The molecule has 1 N–H and O–H groups in total. The average molecular weight is 365 g/mol. The Morgan fingerprint density at radius 1 is 1.19 bits per heavy atom. The molecule has 1 saturated heterocycles. The molecule has 1 aliphatic rings. The largest absolute Gasteiger partial charge is 0.416 e. The lowest BCUT2D eigenvalue weighted by molar-refractivity contribution is -0.137. The van der Waals surface area contributed by atoms with Gasteiger partial charge in [-0.25, -0.2) is 4.98 Å². The summed E-state index contributed by atoms with van der Waals surface area (Å²) in [5.74, 6) is -0.553. The molecule has 3 rings (SSSR count). The van der Waals surface area contributed by atoms with Crippen molar-refractivity contribution in [2.45, 2.75) is 13.1 Å². The molecular weight excluding hydrogens is 347 g/mol. The van der Waals surface area contributed by atoms with Crippen LogP contribution in [0.4, 0.5) is 24.5 Å². The third-order valence-corrected chi connectivity index (χ3v) is 4.04. The zero-order valence-electron chi connectivity index (χ0n) is 14.1. The van der Waals surface area contributed by atoms with E-state index < -0.39 is 17.6 Å². The topological polar surface area (TPSA) is 54.5 Å². The Morgan fingerprint density at radius 2 is 1.92 bits per heavy atom. The van der Waals surface area contributed by atoms with Gasteiger partial charge in [-0.15, -0.1) is 0 Å². The number of carbonyl (C=O) groups excluding carboxylic acids is 1. The Balaban J connectivity index is 1.94. The van der Waals surface area contributed by atoms with Crippen LogP contribution in [0.25, 0.3) is 0 Å². The highest BCUT2D eigenvalue weighted by Crippen LogP contribution is 2.36. The molecule has 138 valence electrons. The lowest BCUT2D eigenvalue weighted by Gasteiger charge is -2.31. The fraction of sp³-hybridized carbons (Fsp3) is 0.333. The van der Waals surface area contributed by atoms with Crippen LogP contribution in [0.5, 0.6) is 0 Å². The van der Waals surface area contributed by atoms with E-state index >= 15 is 0 Å². The fourth-order valence-corrected chi connectivity index (χ4v) is 2.75. The molecule has 8 heteroatoms. The van der Waals surface area contributed by atoms with E-state index in [-0.39, 0.29) is 11.4 Å². The molecule has 0 spiro atoms. The number of morpholine rings is 1. The minimum Gasteiger partial charge on any atom is -0.378 e. The van der Waals surface area contributed by atoms with Crippen molar-refractivity contribution in [2.24, 2.45) is 0 Å². The fourth-order valence-electron chi connectivity index (χ4n) is 2.75. The molecule has 1 aromatic carbocycles. The number of aryl methyl sites for hydroxylation is 1. The van der Waals surface area contributed by atoms with Gasteiger partial charge in [0.15, 0.2) is 0 Å². The summed E-state index contributed by atoms with van der Waals surface area (Å²) in [5.41, 5.74) is 0.616. The molecule has 1 fully saturated rings. The van der Waals surface area contributed by atoms with Crippen LogP contribution in [0, 0.1) is 6.92 Å². The molecule has 26 heavy (non-hydrogen) atoms. The summed E-state index contributed by atoms with van der Waals surface area (Å²) in [6.07, 6.45) is -4.50. The van der Waals surface area contributed by atoms with Crippen LogP contribution in [0.2, 0.25) is 0 Å². The molecule has 0 saturated carbocycles. The van der Waals surface area contributed by atoms with Crippen LogP contribution in [0.3, 0.4) is 0 Å². The van der Waals surface area contributed by atoms with Crippen molar-refractivity contribution >= 4 is 17.3 Å². The lowest BCUT2D eigenvalue weighted by Crippen LogP contribution is -2.37. The molecular formula is C18H18F3N3O2. The van der Waals surface area contributed by atoms with Crippen LogP contribution in [0.15, 0.2) is 36.4 Å². The second-order valence-corrected chi connectivity index (χ2v) is 5.95. The summed E-state index contributed by atoms with van der Waals surface area (Å²) in [6.45, 7) is 3.77. The minimum absolute atomic E-state index is 0.107. The van der Waals surface area contributed by atoms with E-state index in [1.54, 1.807) is 19.1 Å². The smallest absolute Gasteiger partial charge is 0.378 e. The maximum Gasteiger partial charge on any atom is 0.416 e. The number of rotatable bonds is 3. The molecule has 1 amide bonds. The molecule has 0 bridgehead atoms. The Morgan fingerprint density at radius 3 is 2.58 bits per heavy atom. The van der Waals surface area contributed by atoms with Crippen LogP contribution < -0.4 is 10.2 Å². The van der Waals surface area contributed by atoms with Gasteiger partial charge in [-0.3, -0.25) is 4.79 Å². The first kappa shape index (κ1) is 18.2. The SMILES string of the molecule is Cc1cccc(C(=O)Nc2cc(C(F)(F)F)ccc2N2CCOCC2)n1. The number of hydrogen-bond acceptors (Lipinski definition) is 4. The molecule has 2 aromatic rings. The number of pyridine rings is 1. The van der Waals surface area contributed by atoms with Crippen molar-refractivity contribution in [3.63, 3.8) is 0 Å². The summed E-state index contributed by atoms with van der Waals surface area (Å²) in [5, 5.41) is 2.58. The number of alkyl halides is 3. The summed E-state index contributed by atoms with van der Waals surface area (Å²) in [4.78, 5) is 18.5. The molecule has 5 nitrogen and oxygen atoms in total. The van der Waals surface area contributed by atoms with Gasteiger partial charge < -0.3 is 15.0 Å². The van der Waals surface area contributed by atoms with Crippen molar-refractivity contribution in [2.75, 3.05) is 36.5 Å². The number of carbonyl (C=O) groups is 1. The van der Waals surface area contributed by atoms with Crippen molar-refractivity contribution in [1.29, 1.82) is 0 Å². The number of benzene rings is 1. The van der Waals surface area contributed by atoms with E-state index in [0.717, 1.165) is 12.1 Å². The van der Waals surface area contributed by atoms with Crippen molar-refractivity contribution in [3.05, 3.63) is 53.3 Å². The highest BCUT2D eigenvalue weighted by atomic mass is 19.4. The third kappa shape index (κ3) is 4.13. The predicted octanol–water partition coefficient (Wildman–Crippen LogP) is 3.50. The first-order valence-corrected chi connectivity index (χ1v) is 8.13. The number of ether oxygens (including phenoxy) is 1. The third-order valence-electron chi connectivity index (χ3n) is 4.04. The second kappa shape index (κ2) is 7.33. The van der Waals surface area contributed by atoms with E-state index in [0.29, 0.717) is 37.7 Å². The van der Waals surface area contributed by atoms with Crippen molar-refractivity contribution in [1.82, 2.24) is 4.98 Å². The van der Waals surface area contributed by atoms with Gasteiger partial charge in [0.25, 0.3) is 5.91 Å². The average Bonchev–Trinajstić information content (AvgIpc) is 2.61. The Labute approximate surface area is 148 Å². The van der Waals surface area contributed by atoms with Crippen molar-refractivity contribution < 1.29 is 22.7 Å². The first-order valence-electron chi connectivity index (χ1n) is 8.13. The van der Waals surface area contributed by atoms with E-state index in [1.807, 2.05) is 4.90 Å². The van der Waals surface area contributed by atoms with Gasteiger partial charge in [-0.2, -0.15) is 13.2 Å². The molecule has 0 radical (unpaired) electrons. The number of halogens is 3. The predicted molar refractivity (Wildman–Crippen MR) is 91.4 cm³/mol. The van der Waals surface area contributed by atoms with Gasteiger partial charge in [0.1, 0.15) is 5.69 Å². The van der Waals surface area contributed by atoms with Gasteiger partial charge in [0.05, 0.1) is 30.2 Å². The van der Waals surface area contributed by atoms with E-state index in [9.17, 15) is 18.0 Å². The molecule has 0 atom stereocenters. The Kier molecular flexibility index (Phi) is 5.13. The second-order valence-electron chi connectivity index (χ2n) is 5.95. The van der Waals surface area contributed by atoms with E-state index in [4.69, 9.17) is 4.74 Å². The first-order chi connectivity index (χ1) is 12.3. The number of nitrogens with zero attached hydrogens (tertiary/aromatic N) is 2. The number of amides is 1. The number of hydrogen-bond donors (Lipinski definition) is 1. The van der Waals surface area contributed by atoms with Gasteiger partial charge >= 0.3 is 6.18 Å².